The molecule has 0 aliphatic heterocycles. The van der Waals surface area contributed by atoms with Crippen LogP contribution in [0.25, 0.3) is 0 Å². The van der Waals surface area contributed by atoms with Gasteiger partial charge in [-0.2, -0.15) is 0 Å². The van der Waals surface area contributed by atoms with Gasteiger partial charge in [-0.3, -0.25) is 4.79 Å². The zero-order valence-electron chi connectivity index (χ0n) is 12.0. The molecule has 0 aromatic heterocycles. The molecule has 0 spiro atoms. The Morgan fingerprint density at radius 3 is 2.40 bits per heavy atom. The molecule has 0 fully saturated rings. The molecule has 0 aliphatic rings. The van der Waals surface area contributed by atoms with Crippen LogP contribution in [0, 0.1) is 5.82 Å². The summed E-state index contributed by atoms with van der Waals surface area (Å²) in [5, 5.41) is 2.63. The number of esters is 1. The Balaban J connectivity index is 2.76. The van der Waals surface area contributed by atoms with Crippen molar-refractivity contribution in [3.05, 3.63) is 35.6 Å². The molecular weight excluding hydrogens is 261 g/mol. The molecule has 1 unspecified atom stereocenters. The highest BCUT2D eigenvalue weighted by Crippen LogP contribution is 2.17. The molecule has 110 valence electrons. The second-order valence-electron chi connectivity index (χ2n) is 4.86. The second kappa shape index (κ2) is 7.03. The second-order valence-corrected chi connectivity index (χ2v) is 4.86. The first-order valence-electron chi connectivity index (χ1n) is 6.58. The van der Waals surface area contributed by atoms with E-state index in [-0.39, 0.29) is 18.3 Å². The van der Waals surface area contributed by atoms with E-state index in [9.17, 15) is 14.0 Å². The van der Waals surface area contributed by atoms with Crippen LogP contribution in [0.15, 0.2) is 24.3 Å². The summed E-state index contributed by atoms with van der Waals surface area (Å²) in [6.45, 7) is 4.96. The fourth-order valence-corrected chi connectivity index (χ4v) is 1.94. The van der Waals surface area contributed by atoms with Crippen molar-refractivity contribution in [3.8, 4) is 0 Å². The normalized spacial score (nSPS) is 13.4. The summed E-state index contributed by atoms with van der Waals surface area (Å²) in [6.07, 6.45) is 0.924. The summed E-state index contributed by atoms with van der Waals surface area (Å²) in [5.41, 5.74) is -0.178. The van der Waals surface area contributed by atoms with Crippen LogP contribution in [0.1, 0.15) is 32.8 Å². The van der Waals surface area contributed by atoms with Gasteiger partial charge in [0.25, 0.3) is 0 Å². The van der Waals surface area contributed by atoms with Crippen LogP contribution in [-0.2, 0) is 20.7 Å². The van der Waals surface area contributed by atoms with Gasteiger partial charge in [0.15, 0.2) is 0 Å². The predicted octanol–water partition coefficient (Wildman–Crippen LogP) is 2.22. The van der Waals surface area contributed by atoms with E-state index in [1.54, 1.807) is 26.0 Å². The lowest BCUT2D eigenvalue weighted by Gasteiger charge is -2.28. The summed E-state index contributed by atoms with van der Waals surface area (Å²) in [6, 6.07) is 6.06. The fourth-order valence-electron chi connectivity index (χ4n) is 1.94. The number of aryl methyl sites for hydroxylation is 1. The molecule has 0 bridgehead atoms. The van der Waals surface area contributed by atoms with E-state index in [2.05, 4.69) is 5.32 Å². The van der Waals surface area contributed by atoms with Crippen molar-refractivity contribution in [1.29, 1.82) is 0 Å². The van der Waals surface area contributed by atoms with E-state index in [1.165, 1.54) is 19.1 Å². The van der Waals surface area contributed by atoms with Crippen LogP contribution in [0.3, 0.4) is 0 Å². The summed E-state index contributed by atoms with van der Waals surface area (Å²) < 4.78 is 17.8. The SMILES string of the molecule is CCOC(=O)C(C)(CCc1ccc(F)cc1)NC(C)=O. The van der Waals surface area contributed by atoms with Crippen molar-refractivity contribution in [2.24, 2.45) is 0 Å². The number of rotatable bonds is 6. The smallest absolute Gasteiger partial charge is 0.331 e. The Morgan fingerprint density at radius 2 is 1.90 bits per heavy atom. The lowest BCUT2D eigenvalue weighted by Crippen LogP contribution is -2.52. The minimum Gasteiger partial charge on any atom is -0.464 e. The molecule has 5 heteroatoms. The largest absolute Gasteiger partial charge is 0.464 e. The van der Waals surface area contributed by atoms with Crippen LogP contribution < -0.4 is 5.32 Å². The van der Waals surface area contributed by atoms with Crippen molar-refractivity contribution in [2.45, 2.75) is 39.2 Å². The number of hydrogen-bond acceptors (Lipinski definition) is 3. The van der Waals surface area contributed by atoms with E-state index >= 15 is 0 Å². The molecule has 1 rings (SSSR count). The molecule has 4 nitrogen and oxygen atoms in total. The van der Waals surface area contributed by atoms with Crippen LogP contribution in [0.5, 0.6) is 0 Å². The third kappa shape index (κ3) is 4.64. The Morgan fingerprint density at radius 1 is 1.30 bits per heavy atom. The molecular formula is C15H20FNO3. The van der Waals surface area contributed by atoms with Crippen LogP contribution in [0.4, 0.5) is 4.39 Å². The molecule has 1 aromatic rings. The summed E-state index contributed by atoms with van der Waals surface area (Å²) >= 11 is 0. The maximum absolute atomic E-state index is 12.8. The lowest BCUT2D eigenvalue weighted by molar-refractivity contribution is -0.152. The van der Waals surface area contributed by atoms with E-state index in [0.29, 0.717) is 12.8 Å². The first-order valence-corrected chi connectivity index (χ1v) is 6.58. The molecule has 1 amide bonds. The summed E-state index contributed by atoms with van der Waals surface area (Å²) in [5.74, 6) is -1.05. The standard InChI is InChI=1S/C15H20FNO3/c1-4-20-14(19)15(3,17-11(2)18)10-9-12-5-7-13(16)8-6-12/h5-8H,4,9-10H2,1-3H3,(H,17,18). The first kappa shape index (κ1) is 16.1. The number of amides is 1. The molecule has 0 aliphatic carbocycles. The number of carbonyl (C=O) groups is 2. The first-order chi connectivity index (χ1) is 9.37. The number of nitrogens with one attached hydrogen (secondary N) is 1. The van der Waals surface area contributed by atoms with Crippen LogP contribution >= 0.6 is 0 Å². The Labute approximate surface area is 118 Å². The molecule has 20 heavy (non-hydrogen) atoms. The van der Waals surface area contributed by atoms with Crippen molar-refractivity contribution >= 4 is 11.9 Å². The third-order valence-corrected chi connectivity index (χ3v) is 3.00. The van der Waals surface area contributed by atoms with E-state index in [0.717, 1.165) is 5.56 Å². The van der Waals surface area contributed by atoms with E-state index in [1.807, 2.05) is 0 Å². The van der Waals surface area contributed by atoms with Gasteiger partial charge < -0.3 is 10.1 Å². The van der Waals surface area contributed by atoms with Crippen molar-refractivity contribution in [2.75, 3.05) is 6.61 Å². The van der Waals surface area contributed by atoms with Gasteiger partial charge in [-0.25, -0.2) is 9.18 Å². The number of benzene rings is 1. The highest BCUT2D eigenvalue weighted by molar-refractivity contribution is 5.86. The van der Waals surface area contributed by atoms with Gasteiger partial charge in [0, 0.05) is 6.92 Å². The molecule has 1 atom stereocenters. The summed E-state index contributed by atoms with van der Waals surface area (Å²) in [4.78, 5) is 23.2. The Kier molecular flexibility index (Phi) is 5.67. The van der Waals surface area contributed by atoms with Gasteiger partial charge >= 0.3 is 5.97 Å². The van der Waals surface area contributed by atoms with E-state index in [4.69, 9.17) is 4.74 Å². The van der Waals surface area contributed by atoms with Gasteiger partial charge in [-0.15, -0.1) is 0 Å². The third-order valence-electron chi connectivity index (χ3n) is 3.00. The maximum atomic E-state index is 12.8. The minimum atomic E-state index is -1.07. The van der Waals surface area contributed by atoms with Gasteiger partial charge in [0.2, 0.25) is 5.91 Å². The van der Waals surface area contributed by atoms with Gasteiger partial charge in [-0.05, 0) is 44.4 Å². The number of hydrogen-bond donors (Lipinski definition) is 1. The highest BCUT2D eigenvalue weighted by atomic mass is 19.1. The van der Waals surface area contributed by atoms with Crippen molar-refractivity contribution < 1.29 is 18.7 Å². The zero-order chi connectivity index (χ0) is 15.2. The number of halogens is 1. The number of ether oxygens (including phenoxy) is 1. The molecule has 0 radical (unpaired) electrons. The van der Waals surface area contributed by atoms with Gasteiger partial charge in [0.1, 0.15) is 11.4 Å². The fraction of sp³-hybridized carbons (Fsp3) is 0.467. The zero-order valence-corrected chi connectivity index (χ0v) is 12.0. The minimum absolute atomic E-state index is 0.255. The molecule has 0 saturated heterocycles. The molecule has 1 aromatic carbocycles. The van der Waals surface area contributed by atoms with E-state index < -0.39 is 11.5 Å². The topological polar surface area (TPSA) is 55.4 Å². The average molecular weight is 281 g/mol. The number of carbonyl (C=O) groups excluding carboxylic acids is 2. The highest BCUT2D eigenvalue weighted by Gasteiger charge is 2.35. The van der Waals surface area contributed by atoms with Crippen LogP contribution in [0.2, 0.25) is 0 Å². The predicted molar refractivity (Wildman–Crippen MR) is 73.6 cm³/mol. The molecule has 0 heterocycles. The van der Waals surface area contributed by atoms with Gasteiger partial charge in [0.05, 0.1) is 6.61 Å². The van der Waals surface area contributed by atoms with Gasteiger partial charge in [-0.1, -0.05) is 12.1 Å². The summed E-state index contributed by atoms with van der Waals surface area (Å²) in [7, 11) is 0. The molecule has 1 N–H and O–H groups in total. The quantitative estimate of drug-likeness (QED) is 0.813. The molecule has 0 saturated carbocycles. The lowest BCUT2D eigenvalue weighted by atomic mass is 9.93. The maximum Gasteiger partial charge on any atom is 0.331 e. The van der Waals surface area contributed by atoms with Crippen LogP contribution in [-0.4, -0.2) is 24.0 Å². The van der Waals surface area contributed by atoms with Crippen molar-refractivity contribution in [3.63, 3.8) is 0 Å². The van der Waals surface area contributed by atoms with Crippen molar-refractivity contribution in [1.82, 2.24) is 5.32 Å². The average Bonchev–Trinajstić information content (AvgIpc) is 2.37. The Hall–Kier alpha value is -1.91. The Bertz CT molecular complexity index is 473. The monoisotopic (exact) mass is 281 g/mol.